The quantitative estimate of drug-likeness (QED) is 0.306. The van der Waals surface area contributed by atoms with E-state index >= 15 is 0 Å². The number of carbonyl (C=O) groups excluding carboxylic acids is 3. The van der Waals surface area contributed by atoms with Gasteiger partial charge in [0.15, 0.2) is 6.10 Å². The molecule has 1 heterocycles. The van der Waals surface area contributed by atoms with Gasteiger partial charge in [-0.2, -0.15) is 0 Å². The van der Waals surface area contributed by atoms with Crippen molar-refractivity contribution < 1.29 is 23.9 Å². The van der Waals surface area contributed by atoms with Crippen molar-refractivity contribution in [1.82, 2.24) is 0 Å². The van der Waals surface area contributed by atoms with Gasteiger partial charge >= 0.3 is 5.97 Å². The molecule has 0 radical (unpaired) electrons. The van der Waals surface area contributed by atoms with Crippen LogP contribution in [0.3, 0.4) is 0 Å². The predicted molar refractivity (Wildman–Crippen MR) is 138 cm³/mol. The van der Waals surface area contributed by atoms with Crippen LogP contribution < -0.4 is 9.64 Å². The molecule has 4 rings (SSSR count). The molecule has 1 aliphatic rings. The van der Waals surface area contributed by atoms with Crippen LogP contribution in [-0.2, 0) is 19.7 Å². The third kappa shape index (κ3) is 5.82. The Hall–Kier alpha value is -3.93. The van der Waals surface area contributed by atoms with Crippen molar-refractivity contribution in [3.05, 3.63) is 90.0 Å². The maximum absolute atomic E-state index is 12.7. The molecular weight excluding hydrogens is 454 g/mol. The molecule has 6 nitrogen and oxygen atoms in total. The maximum Gasteiger partial charge on any atom is 0.312 e. The van der Waals surface area contributed by atoms with Gasteiger partial charge in [0.2, 0.25) is 11.7 Å². The topological polar surface area (TPSA) is 72.9 Å². The number of benzene rings is 3. The molecule has 3 aromatic carbocycles. The predicted octanol–water partition coefficient (Wildman–Crippen LogP) is 5.94. The number of esters is 1. The van der Waals surface area contributed by atoms with Crippen molar-refractivity contribution in [3.8, 4) is 11.5 Å². The normalized spacial score (nSPS) is 16.5. The molecule has 0 aromatic heterocycles. The summed E-state index contributed by atoms with van der Waals surface area (Å²) >= 11 is 0. The second kappa shape index (κ2) is 10.4. The fourth-order valence-corrected chi connectivity index (χ4v) is 4.13. The number of amides is 1. The first-order chi connectivity index (χ1) is 17.1. The van der Waals surface area contributed by atoms with Gasteiger partial charge in [-0.1, -0.05) is 63.2 Å². The Labute approximate surface area is 211 Å². The Bertz CT molecular complexity index is 1230. The second-order valence-electron chi connectivity index (χ2n) is 10.1. The highest BCUT2D eigenvalue weighted by molar-refractivity contribution is 6.02. The number of hydrogen-bond donors (Lipinski definition) is 0. The van der Waals surface area contributed by atoms with Crippen molar-refractivity contribution in [2.24, 2.45) is 5.92 Å². The molecule has 1 saturated heterocycles. The molecule has 36 heavy (non-hydrogen) atoms. The molecule has 0 unspecified atom stereocenters. The van der Waals surface area contributed by atoms with Gasteiger partial charge in [-0.05, 0) is 54.3 Å². The van der Waals surface area contributed by atoms with E-state index in [4.69, 9.17) is 9.47 Å². The molecule has 186 valence electrons. The zero-order chi connectivity index (χ0) is 25.9. The van der Waals surface area contributed by atoms with E-state index in [1.165, 1.54) is 5.56 Å². The molecule has 0 aliphatic carbocycles. The standard InChI is InChI=1S/C30H31NO5/c1-20(28(33)21-8-6-5-7-9-21)35-29(34)22-18-27(32)31(19-22)24-12-16-26(17-13-24)36-25-14-10-23(11-15-25)30(2,3)4/h5-17,20,22H,18-19H2,1-4H3/t20-,22+/m1/s1. The minimum Gasteiger partial charge on any atom is -0.457 e. The van der Waals surface area contributed by atoms with Gasteiger partial charge in [0, 0.05) is 24.2 Å². The Kier molecular flexibility index (Phi) is 7.25. The number of carbonyl (C=O) groups is 3. The molecule has 6 heteroatoms. The Morgan fingerprint density at radius 1 is 0.889 bits per heavy atom. The maximum atomic E-state index is 12.7. The molecule has 0 N–H and O–H groups in total. The van der Waals surface area contributed by atoms with Gasteiger partial charge in [-0.3, -0.25) is 14.4 Å². The first-order valence-electron chi connectivity index (χ1n) is 12.1. The first kappa shape index (κ1) is 25.2. The molecule has 2 atom stereocenters. The van der Waals surface area contributed by atoms with Crippen LogP contribution >= 0.6 is 0 Å². The van der Waals surface area contributed by atoms with Crippen LogP contribution in [0, 0.1) is 5.92 Å². The van der Waals surface area contributed by atoms with E-state index < -0.39 is 18.0 Å². The van der Waals surface area contributed by atoms with Gasteiger partial charge in [0.1, 0.15) is 11.5 Å². The molecule has 3 aromatic rings. The van der Waals surface area contributed by atoms with Crippen LogP contribution in [-0.4, -0.2) is 30.3 Å². The van der Waals surface area contributed by atoms with Gasteiger partial charge in [0.25, 0.3) is 0 Å². The Morgan fingerprint density at radius 2 is 1.47 bits per heavy atom. The number of Topliss-reactive ketones (excluding diaryl/α,β-unsaturated/α-hetero) is 1. The van der Waals surface area contributed by atoms with E-state index in [9.17, 15) is 14.4 Å². The summed E-state index contributed by atoms with van der Waals surface area (Å²) in [5, 5.41) is 0. The van der Waals surface area contributed by atoms with Crippen molar-refractivity contribution in [1.29, 1.82) is 0 Å². The monoisotopic (exact) mass is 485 g/mol. The molecule has 0 bridgehead atoms. The van der Waals surface area contributed by atoms with Gasteiger partial charge in [-0.25, -0.2) is 0 Å². The van der Waals surface area contributed by atoms with E-state index in [1.807, 2.05) is 18.2 Å². The summed E-state index contributed by atoms with van der Waals surface area (Å²) < 4.78 is 11.4. The number of ketones is 1. The first-order valence-corrected chi connectivity index (χ1v) is 12.1. The highest BCUT2D eigenvalue weighted by atomic mass is 16.5. The lowest BCUT2D eigenvalue weighted by Crippen LogP contribution is -2.30. The second-order valence-corrected chi connectivity index (χ2v) is 10.1. The number of ether oxygens (including phenoxy) is 2. The zero-order valence-electron chi connectivity index (χ0n) is 21.1. The highest BCUT2D eigenvalue weighted by Crippen LogP contribution is 2.30. The van der Waals surface area contributed by atoms with Crippen LogP contribution in [0.15, 0.2) is 78.9 Å². The lowest BCUT2D eigenvalue weighted by atomic mass is 9.87. The van der Waals surface area contributed by atoms with Crippen LogP contribution in [0.25, 0.3) is 0 Å². The number of rotatable bonds is 7. The van der Waals surface area contributed by atoms with Crippen LogP contribution in [0.4, 0.5) is 5.69 Å². The van der Waals surface area contributed by atoms with Crippen LogP contribution in [0.5, 0.6) is 11.5 Å². The fourth-order valence-electron chi connectivity index (χ4n) is 4.13. The van der Waals surface area contributed by atoms with Crippen LogP contribution in [0.2, 0.25) is 0 Å². The van der Waals surface area contributed by atoms with E-state index in [1.54, 1.807) is 60.4 Å². The molecule has 0 spiro atoms. The summed E-state index contributed by atoms with van der Waals surface area (Å²) in [6.45, 7) is 8.25. The number of anilines is 1. The minimum absolute atomic E-state index is 0.0451. The van der Waals surface area contributed by atoms with Crippen molar-refractivity contribution in [3.63, 3.8) is 0 Å². The lowest BCUT2D eigenvalue weighted by molar-refractivity contribution is -0.151. The lowest BCUT2D eigenvalue weighted by Gasteiger charge is -2.19. The van der Waals surface area contributed by atoms with Crippen molar-refractivity contribution in [2.75, 3.05) is 11.4 Å². The molecule has 1 amide bonds. The van der Waals surface area contributed by atoms with Gasteiger partial charge in [-0.15, -0.1) is 0 Å². The SMILES string of the molecule is C[C@@H](OC(=O)[C@H]1CC(=O)N(c2ccc(Oc3ccc(C(C)(C)C)cc3)cc2)C1)C(=O)c1ccccc1. The third-order valence-electron chi connectivity index (χ3n) is 6.28. The van der Waals surface area contributed by atoms with Crippen molar-refractivity contribution in [2.45, 2.75) is 45.6 Å². The zero-order valence-corrected chi connectivity index (χ0v) is 21.1. The summed E-state index contributed by atoms with van der Waals surface area (Å²) in [5.74, 6) is -0.214. The van der Waals surface area contributed by atoms with Gasteiger partial charge < -0.3 is 14.4 Å². The van der Waals surface area contributed by atoms with E-state index in [0.717, 1.165) is 5.75 Å². The average molecular weight is 486 g/mol. The smallest absolute Gasteiger partial charge is 0.312 e. The summed E-state index contributed by atoms with van der Waals surface area (Å²) in [7, 11) is 0. The third-order valence-corrected chi connectivity index (χ3v) is 6.28. The summed E-state index contributed by atoms with van der Waals surface area (Å²) in [6.07, 6.45) is -0.873. The average Bonchev–Trinajstić information content (AvgIpc) is 3.26. The fraction of sp³-hybridized carbons (Fsp3) is 0.300. The Morgan fingerprint density at radius 3 is 2.06 bits per heavy atom. The highest BCUT2D eigenvalue weighted by Gasteiger charge is 2.37. The largest absolute Gasteiger partial charge is 0.457 e. The van der Waals surface area contributed by atoms with Crippen LogP contribution in [0.1, 0.15) is 50.0 Å². The van der Waals surface area contributed by atoms with Crippen molar-refractivity contribution >= 4 is 23.3 Å². The minimum atomic E-state index is -0.919. The number of nitrogens with zero attached hydrogens (tertiary/aromatic N) is 1. The molecule has 1 fully saturated rings. The Balaban J connectivity index is 1.35. The molecule has 1 aliphatic heterocycles. The van der Waals surface area contributed by atoms with Gasteiger partial charge in [0.05, 0.1) is 5.92 Å². The van der Waals surface area contributed by atoms with E-state index in [0.29, 0.717) is 17.0 Å². The molecular formula is C30H31NO5. The van der Waals surface area contributed by atoms with E-state index in [-0.39, 0.29) is 30.1 Å². The summed E-state index contributed by atoms with van der Waals surface area (Å²) in [5.41, 5.74) is 2.46. The summed E-state index contributed by atoms with van der Waals surface area (Å²) in [6, 6.07) is 23.9. The van der Waals surface area contributed by atoms with E-state index in [2.05, 4.69) is 32.9 Å². The number of hydrogen-bond acceptors (Lipinski definition) is 5. The molecule has 0 saturated carbocycles. The summed E-state index contributed by atoms with van der Waals surface area (Å²) in [4.78, 5) is 39.4.